The SMILES string of the molecule is N#Cc1ccc(OCCC2CCCCN2)cc1Cl. The van der Waals surface area contributed by atoms with E-state index in [9.17, 15) is 0 Å². The highest BCUT2D eigenvalue weighted by atomic mass is 35.5. The Bertz CT molecular complexity index is 436. The van der Waals surface area contributed by atoms with Crippen molar-refractivity contribution in [3.05, 3.63) is 28.8 Å². The van der Waals surface area contributed by atoms with Crippen molar-refractivity contribution in [2.45, 2.75) is 31.7 Å². The molecular weight excluding hydrogens is 248 g/mol. The predicted molar refractivity (Wildman–Crippen MR) is 71.9 cm³/mol. The molecule has 1 atom stereocenters. The van der Waals surface area contributed by atoms with E-state index in [2.05, 4.69) is 5.32 Å². The minimum atomic E-state index is 0.450. The van der Waals surface area contributed by atoms with Crippen molar-refractivity contribution in [1.82, 2.24) is 5.32 Å². The first kappa shape index (κ1) is 13.2. The third-order valence-electron chi connectivity index (χ3n) is 3.21. The molecule has 1 fully saturated rings. The minimum Gasteiger partial charge on any atom is -0.493 e. The van der Waals surface area contributed by atoms with E-state index in [1.807, 2.05) is 6.07 Å². The van der Waals surface area contributed by atoms with Crippen LogP contribution in [0.25, 0.3) is 0 Å². The topological polar surface area (TPSA) is 45.0 Å². The van der Waals surface area contributed by atoms with Crippen LogP contribution in [0.3, 0.4) is 0 Å². The third kappa shape index (κ3) is 3.63. The second-order valence-corrected chi connectivity index (χ2v) is 4.94. The standard InChI is InChI=1S/C14H17ClN2O/c15-14-9-13(5-4-11(14)10-16)18-8-6-12-3-1-2-7-17-12/h4-5,9,12,17H,1-3,6-8H2. The van der Waals surface area contributed by atoms with Crippen LogP contribution in [0.15, 0.2) is 18.2 Å². The molecule has 1 aliphatic heterocycles. The van der Waals surface area contributed by atoms with Gasteiger partial charge in [-0.1, -0.05) is 18.0 Å². The first-order chi connectivity index (χ1) is 8.79. The van der Waals surface area contributed by atoms with Gasteiger partial charge in [-0.3, -0.25) is 0 Å². The van der Waals surface area contributed by atoms with Crippen LogP contribution < -0.4 is 10.1 Å². The number of nitrogens with zero attached hydrogens (tertiary/aromatic N) is 1. The number of benzene rings is 1. The number of ether oxygens (including phenoxy) is 1. The fraction of sp³-hybridized carbons (Fsp3) is 0.500. The average molecular weight is 265 g/mol. The van der Waals surface area contributed by atoms with E-state index in [4.69, 9.17) is 21.6 Å². The molecular formula is C14H17ClN2O. The van der Waals surface area contributed by atoms with Crippen molar-refractivity contribution in [3.63, 3.8) is 0 Å². The Labute approximate surface area is 113 Å². The second-order valence-electron chi connectivity index (χ2n) is 4.54. The Morgan fingerprint density at radius 1 is 1.44 bits per heavy atom. The van der Waals surface area contributed by atoms with Gasteiger partial charge in [0.1, 0.15) is 11.8 Å². The molecule has 1 aromatic rings. The lowest BCUT2D eigenvalue weighted by Gasteiger charge is -2.23. The van der Waals surface area contributed by atoms with Crippen LogP contribution in [0.5, 0.6) is 5.75 Å². The van der Waals surface area contributed by atoms with Gasteiger partial charge in [0.25, 0.3) is 0 Å². The molecule has 1 saturated heterocycles. The monoisotopic (exact) mass is 264 g/mol. The molecule has 0 amide bonds. The van der Waals surface area contributed by atoms with Crippen molar-refractivity contribution < 1.29 is 4.74 Å². The number of hydrogen-bond donors (Lipinski definition) is 1. The van der Waals surface area contributed by atoms with E-state index >= 15 is 0 Å². The van der Waals surface area contributed by atoms with Crippen molar-refractivity contribution in [1.29, 1.82) is 5.26 Å². The van der Waals surface area contributed by atoms with Gasteiger partial charge in [-0.05, 0) is 37.9 Å². The Morgan fingerprint density at radius 3 is 3.00 bits per heavy atom. The fourth-order valence-electron chi connectivity index (χ4n) is 2.17. The highest BCUT2D eigenvalue weighted by molar-refractivity contribution is 6.31. The van der Waals surface area contributed by atoms with E-state index in [1.165, 1.54) is 19.3 Å². The minimum absolute atomic E-state index is 0.450. The number of nitrogens with one attached hydrogen (secondary N) is 1. The zero-order valence-electron chi connectivity index (χ0n) is 10.3. The molecule has 0 saturated carbocycles. The summed E-state index contributed by atoms with van der Waals surface area (Å²) in [5.74, 6) is 0.731. The molecule has 1 aromatic carbocycles. The number of piperidine rings is 1. The van der Waals surface area contributed by atoms with Gasteiger partial charge in [0.15, 0.2) is 0 Å². The molecule has 0 aliphatic carbocycles. The van der Waals surface area contributed by atoms with Crippen LogP contribution in [0.4, 0.5) is 0 Å². The molecule has 2 rings (SSSR count). The first-order valence-corrected chi connectivity index (χ1v) is 6.73. The van der Waals surface area contributed by atoms with Crippen LogP contribution >= 0.6 is 11.6 Å². The summed E-state index contributed by atoms with van der Waals surface area (Å²) >= 11 is 5.94. The van der Waals surface area contributed by atoms with Gasteiger partial charge < -0.3 is 10.1 Å². The molecule has 1 heterocycles. The van der Waals surface area contributed by atoms with Gasteiger partial charge in [-0.25, -0.2) is 0 Å². The molecule has 96 valence electrons. The fourth-order valence-corrected chi connectivity index (χ4v) is 2.38. The Balaban J connectivity index is 1.79. The highest BCUT2D eigenvalue weighted by Crippen LogP contribution is 2.22. The van der Waals surface area contributed by atoms with Crippen LogP contribution in [0.2, 0.25) is 5.02 Å². The zero-order valence-corrected chi connectivity index (χ0v) is 11.0. The lowest BCUT2D eigenvalue weighted by atomic mass is 10.0. The van der Waals surface area contributed by atoms with Gasteiger partial charge in [-0.2, -0.15) is 5.26 Å². The molecule has 3 nitrogen and oxygen atoms in total. The maximum Gasteiger partial charge on any atom is 0.120 e. The average Bonchev–Trinajstić information content (AvgIpc) is 2.40. The maximum atomic E-state index is 8.77. The van der Waals surface area contributed by atoms with Gasteiger partial charge in [0.2, 0.25) is 0 Å². The lowest BCUT2D eigenvalue weighted by molar-refractivity contribution is 0.268. The van der Waals surface area contributed by atoms with Gasteiger partial charge in [-0.15, -0.1) is 0 Å². The van der Waals surface area contributed by atoms with Crippen molar-refractivity contribution in [2.75, 3.05) is 13.2 Å². The quantitative estimate of drug-likeness (QED) is 0.909. The smallest absolute Gasteiger partial charge is 0.120 e. The number of hydrogen-bond acceptors (Lipinski definition) is 3. The normalized spacial score (nSPS) is 19.2. The van der Waals surface area contributed by atoms with Gasteiger partial charge >= 0.3 is 0 Å². The van der Waals surface area contributed by atoms with Crippen LogP contribution in [0, 0.1) is 11.3 Å². The molecule has 1 aliphatic rings. The number of nitriles is 1. The molecule has 0 bridgehead atoms. The molecule has 0 spiro atoms. The molecule has 1 unspecified atom stereocenters. The van der Waals surface area contributed by atoms with Crippen LogP contribution in [-0.2, 0) is 0 Å². The van der Waals surface area contributed by atoms with E-state index in [0.29, 0.717) is 23.2 Å². The zero-order chi connectivity index (χ0) is 12.8. The van der Waals surface area contributed by atoms with Gasteiger partial charge in [0.05, 0.1) is 17.2 Å². The Hall–Kier alpha value is -1.24. The summed E-state index contributed by atoms with van der Waals surface area (Å²) < 4.78 is 5.66. The van der Waals surface area contributed by atoms with Crippen LogP contribution in [-0.4, -0.2) is 19.2 Å². The summed E-state index contributed by atoms with van der Waals surface area (Å²) in [5, 5.41) is 12.7. The van der Waals surface area contributed by atoms with E-state index in [0.717, 1.165) is 18.7 Å². The summed E-state index contributed by atoms with van der Waals surface area (Å²) in [4.78, 5) is 0. The van der Waals surface area contributed by atoms with Crippen LogP contribution in [0.1, 0.15) is 31.2 Å². The molecule has 4 heteroatoms. The Kier molecular flexibility index (Phi) is 4.86. The molecule has 18 heavy (non-hydrogen) atoms. The highest BCUT2D eigenvalue weighted by Gasteiger charge is 2.12. The summed E-state index contributed by atoms with van der Waals surface area (Å²) in [6, 6.07) is 7.79. The number of rotatable bonds is 4. The largest absolute Gasteiger partial charge is 0.493 e. The van der Waals surface area contributed by atoms with Crippen molar-refractivity contribution in [3.8, 4) is 11.8 Å². The molecule has 1 N–H and O–H groups in total. The van der Waals surface area contributed by atoms with Crippen molar-refractivity contribution >= 4 is 11.6 Å². The molecule has 0 aromatic heterocycles. The summed E-state index contributed by atoms with van der Waals surface area (Å²) in [6.45, 7) is 1.80. The summed E-state index contributed by atoms with van der Waals surface area (Å²) in [6.07, 6.45) is 4.83. The Morgan fingerprint density at radius 2 is 2.33 bits per heavy atom. The molecule has 0 radical (unpaired) electrons. The first-order valence-electron chi connectivity index (χ1n) is 6.35. The summed E-state index contributed by atoms with van der Waals surface area (Å²) in [5.41, 5.74) is 0.484. The second kappa shape index (κ2) is 6.63. The predicted octanol–water partition coefficient (Wildman–Crippen LogP) is 3.12. The number of halogens is 1. The van der Waals surface area contributed by atoms with Gasteiger partial charge in [0, 0.05) is 12.1 Å². The van der Waals surface area contributed by atoms with E-state index in [1.54, 1.807) is 18.2 Å². The van der Waals surface area contributed by atoms with E-state index in [-0.39, 0.29) is 0 Å². The van der Waals surface area contributed by atoms with E-state index < -0.39 is 0 Å². The third-order valence-corrected chi connectivity index (χ3v) is 3.52. The summed E-state index contributed by atoms with van der Waals surface area (Å²) in [7, 11) is 0. The maximum absolute atomic E-state index is 8.77. The lowest BCUT2D eigenvalue weighted by Crippen LogP contribution is -2.35. The van der Waals surface area contributed by atoms with Crippen molar-refractivity contribution in [2.24, 2.45) is 0 Å².